The fourth-order valence-electron chi connectivity index (χ4n) is 0.999. The summed E-state index contributed by atoms with van der Waals surface area (Å²) in [6.45, 7) is 5.34. The summed E-state index contributed by atoms with van der Waals surface area (Å²) in [6.07, 6.45) is 4.72. The average molecular weight is 154 g/mol. The van der Waals surface area contributed by atoms with Gasteiger partial charge in [-0.2, -0.15) is 0 Å². The van der Waals surface area contributed by atoms with Crippen molar-refractivity contribution >= 4 is 5.84 Å². The zero-order valence-corrected chi connectivity index (χ0v) is 7.56. The van der Waals surface area contributed by atoms with Crippen LogP contribution in [-0.2, 0) is 0 Å². The summed E-state index contributed by atoms with van der Waals surface area (Å²) in [5.41, 5.74) is 6.18. The van der Waals surface area contributed by atoms with Gasteiger partial charge in [-0.25, -0.2) is 0 Å². The predicted molar refractivity (Wildman–Crippen MR) is 48.7 cm³/mol. The summed E-state index contributed by atoms with van der Waals surface area (Å²) in [5.74, 6) is 0.834. The second kappa shape index (κ2) is 3.24. The van der Waals surface area contributed by atoms with Crippen LogP contribution in [0.25, 0.3) is 0 Å². The van der Waals surface area contributed by atoms with Crippen LogP contribution in [0.4, 0.5) is 0 Å². The molecule has 1 fully saturated rings. The van der Waals surface area contributed by atoms with Crippen LogP contribution in [0.5, 0.6) is 0 Å². The molecule has 0 radical (unpaired) electrons. The Labute approximate surface area is 68.9 Å². The first-order valence-corrected chi connectivity index (χ1v) is 4.45. The lowest BCUT2D eigenvalue weighted by atomic mass is 10.1. The standard InChI is InChI=1S/C9H18N2/c1-3-4-8(10)11-7-9(2)5-6-9/h3-7H2,1-2H3,(H2,10,11). The highest BCUT2D eigenvalue weighted by molar-refractivity contribution is 5.80. The van der Waals surface area contributed by atoms with Gasteiger partial charge in [0.2, 0.25) is 0 Å². The molecule has 0 aromatic rings. The Morgan fingerprint density at radius 2 is 2.18 bits per heavy atom. The van der Waals surface area contributed by atoms with E-state index in [1.165, 1.54) is 12.8 Å². The monoisotopic (exact) mass is 154 g/mol. The molecule has 0 spiro atoms. The maximum Gasteiger partial charge on any atom is 0.0937 e. The maximum atomic E-state index is 5.67. The molecule has 0 saturated heterocycles. The van der Waals surface area contributed by atoms with Gasteiger partial charge in [-0.1, -0.05) is 13.8 Å². The molecule has 1 saturated carbocycles. The Morgan fingerprint density at radius 1 is 1.55 bits per heavy atom. The Balaban J connectivity index is 2.22. The van der Waals surface area contributed by atoms with Crippen molar-refractivity contribution in [1.29, 1.82) is 0 Å². The average Bonchev–Trinajstić information content (AvgIpc) is 2.66. The minimum Gasteiger partial charge on any atom is -0.387 e. The summed E-state index contributed by atoms with van der Waals surface area (Å²) in [4.78, 5) is 4.34. The second-order valence-corrected chi connectivity index (χ2v) is 3.87. The number of nitrogens with zero attached hydrogens (tertiary/aromatic N) is 1. The van der Waals surface area contributed by atoms with Gasteiger partial charge in [-0.15, -0.1) is 0 Å². The van der Waals surface area contributed by atoms with Crippen LogP contribution >= 0.6 is 0 Å². The number of hydrogen-bond donors (Lipinski definition) is 1. The van der Waals surface area contributed by atoms with Gasteiger partial charge in [0.1, 0.15) is 0 Å². The molecule has 0 amide bonds. The molecule has 1 rings (SSSR count). The van der Waals surface area contributed by atoms with Crippen molar-refractivity contribution in [3.8, 4) is 0 Å². The molecule has 0 unspecified atom stereocenters. The quantitative estimate of drug-likeness (QED) is 0.488. The summed E-state index contributed by atoms with van der Waals surface area (Å²) >= 11 is 0. The van der Waals surface area contributed by atoms with E-state index >= 15 is 0 Å². The topological polar surface area (TPSA) is 38.4 Å². The van der Waals surface area contributed by atoms with Crippen LogP contribution < -0.4 is 5.73 Å². The van der Waals surface area contributed by atoms with E-state index in [9.17, 15) is 0 Å². The Kier molecular flexibility index (Phi) is 2.53. The molecule has 1 aliphatic rings. The van der Waals surface area contributed by atoms with Crippen LogP contribution in [0, 0.1) is 5.41 Å². The number of amidine groups is 1. The highest BCUT2D eigenvalue weighted by Gasteiger charge is 2.36. The smallest absolute Gasteiger partial charge is 0.0937 e. The van der Waals surface area contributed by atoms with Crippen molar-refractivity contribution < 1.29 is 0 Å². The van der Waals surface area contributed by atoms with Gasteiger partial charge in [0.05, 0.1) is 5.84 Å². The third-order valence-electron chi connectivity index (χ3n) is 2.27. The molecule has 0 aliphatic heterocycles. The number of nitrogens with two attached hydrogens (primary N) is 1. The van der Waals surface area contributed by atoms with Crippen LogP contribution in [0.2, 0.25) is 0 Å². The summed E-state index contributed by atoms with van der Waals surface area (Å²) in [5, 5.41) is 0. The molecule has 0 atom stereocenters. The molecule has 1 aliphatic carbocycles. The third-order valence-corrected chi connectivity index (χ3v) is 2.27. The van der Waals surface area contributed by atoms with Crippen molar-refractivity contribution in [2.24, 2.45) is 16.1 Å². The van der Waals surface area contributed by atoms with Crippen LogP contribution in [-0.4, -0.2) is 12.4 Å². The lowest BCUT2D eigenvalue weighted by Gasteiger charge is -2.03. The lowest BCUT2D eigenvalue weighted by Crippen LogP contribution is -2.13. The van der Waals surface area contributed by atoms with E-state index in [2.05, 4.69) is 18.8 Å². The van der Waals surface area contributed by atoms with Crippen LogP contribution in [0.1, 0.15) is 39.5 Å². The van der Waals surface area contributed by atoms with Crippen molar-refractivity contribution in [2.45, 2.75) is 39.5 Å². The van der Waals surface area contributed by atoms with Gasteiger partial charge in [-0.3, -0.25) is 4.99 Å². The minimum atomic E-state index is 0.512. The van der Waals surface area contributed by atoms with E-state index in [1.54, 1.807) is 0 Å². The molecule has 0 bridgehead atoms. The summed E-state index contributed by atoms with van der Waals surface area (Å²) < 4.78 is 0. The van der Waals surface area contributed by atoms with E-state index in [-0.39, 0.29) is 0 Å². The lowest BCUT2D eigenvalue weighted by molar-refractivity contribution is 0.588. The van der Waals surface area contributed by atoms with Crippen molar-refractivity contribution in [3.63, 3.8) is 0 Å². The Morgan fingerprint density at radius 3 is 2.64 bits per heavy atom. The molecular weight excluding hydrogens is 136 g/mol. The van der Waals surface area contributed by atoms with Gasteiger partial charge in [0, 0.05) is 13.0 Å². The van der Waals surface area contributed by atoms with E-state index < -0.39 is 0 Å². The second-order valence-electron chi connectivity index (χ2n) is 3.87. The predicted octanol–water partition coefficient (Wildman–Crippen LogP) is 1.94. The summed E-state index contributed by atoms with van der Waals surface area (Å²) in [6, 6.07) is 0. The fourth-order valence-corrected chi connectivity index (χ4v) is 0.999. The van der Waals surface area contributed by atoms with Gasteiger partial charge < -0.3 is 5.73 Å². The third kappa shape index (κ3) is 2.91. The molecule has 0 heterocycles. The molecule has 2 N–H and O–H groups in total. The number of rotatable bonds is 4. The normalized spacial score (nSPS) is 21.8. The summed E-state index contributed by atoms with van der Waals surface area (Å²) in [7, 11) is 0. The van der Waals surface area contributed by atoms with Gasteiger partial charge in [0.25, 0.3) is 0 Å². The highest BCUT2D eigenvalue weighted by Crippen LogP contribution is 2.44. The van der Waals surface area contributed by atoms with E-state index in [1.807, 2.05) is 0 Å². The number of hydrogen-bond acceptors (Lipinski definition) is 1. The molecule has 0 aromatic heterocycles. The number of aliphatic imine (C=N–C) groups is 1. The zero-order chi connectivity index (χ0) is 8.32. The Hall–Kier alpha value is -0.530. The van der Waals surface area contributed by atoms with Gasteiger partial charge >= 0.3 is 0 Å². The molecule has 64 valence electrons. The first kappa shape index (κ1) is 8.57. The molecule has 0 aromatic carbocycles. The largest absolute Gasteiger partial charge is 0.387 e. The SMILES string of the molecule is CCCC(N)=NCC1(C)CC1. The zero-order valence-electron chi connectivity index (χ0n) is 7.56. The molecular formula is C9H18N2. The van der Waals surface area contributed by atoms with Crippen LogP contribution in [0.3, 0.4) is 0 Å². The first-order chi connectivity index (χ1) is 5.16. The van der Waals surface area contributed by atoms with E-state index in [0.717, 1.165) is 25.2 Å². The Bertz CT molecular complexity index is 157. The first-order valence-electron chi connectivity index (χ1n) is 4.45. The molecule has 2 nitrogen and oxygen atoms in total. The highest BCUT2D eigenvalue weighted by atomic mass is 14.9. The fraction of sp³-hybridized carbons (Fsp3) is 0.889. The molecule has 11 heavy (non-hydrogen) atoms. The van der Waals surface area contributed by atoms with Crippen molar-refractivity contribution in [2.75, 3.05) is 6.54 Å². The maximum absolute atomic E-state index is 5.67. The van der Waals surface area contributed by atoms with E-state index in [4.69, 9.17) is 5.73 Å². The van der Waals surface area contributed by atoms with Crippen molar-refractivity contribution in [1.82, 2.24) is 0 Å². The van der Waals surface area contributed by atoms with E-state index in [0.29, 0.717) is 5.41 Å². The van der Waals surface area contributed by atoms with Crippen molar-refractivity contribution in [3.05, 3.63) is 0 Å². The molecule has 2 heteroatoms. The van der Waals surface area contributed by atoms with Gasteiger partial charge in [0.15, 0.2) is 0 Å². The van der Waals surface area contributed by atoms with Gasteiger partial charge in [-0.05, 0) is 24.7 Å². The minimum absolute atomic E-state index is 0.512. The van der Waals surface area contributed by atoms with Crippen LogP contribution in [0.15, 0.2) is 4.99 Å².